The van der Waals surface area contributed by atoms with Gasteiger partial charge in [0.1, 0.15) is 0 Å². The lowest BCUT2D eigenvalue weighted by Crippen LogP contribution is -2.43. The standard InChI is InChI=1S/C18H20BrN3/c19-18-9-5-4-8-17(18)14-20-22-12-10-21(11-13-22)15-16-6-2-1-3-7-16/h1-9,14H,10-13,15H2/b20-14+. The van der Waals surface area contributed by atoms with Crippen molar-refractivity contribution in [2.75, 3.05) is 26.2 Å². The Balaban J connectivity index is 1.51. The van der Waals surface area contributed by atoms with Gasteiger partial charge in [0.15, 0.2) is 0 Å². The van der Waals surface area contributed by atoms with Gasteiger partial charge in [-0.2, -0.15) is 5.10 Å². The van der Waals surface area contributed by atoms with Crippen LogP contribution in [0.25, 0.3) is 0 Å². The van der Waals surface area contributed by atoms with E-state index in [1.54, 1.807) is 0 Å². The quantitative estimate of drug-likeness (QED) is 0.778. The van der Waals surface area contributed by atoms with Gasteiger partial charge in [0.2, 0.25) is 0 Å². The van der Waals surface area contributed by atoms with Crippen LogP contribution >= 0.6 is 15.9 Å². The second-order valence-electron chi connectivity index (χ2n) is 5.48. The molecule has 3 nitrogen and oxygen atoms in total. The van der Waals surface area contributed by atoms with E-state index in [2.05, 4.69) is 67.3 Å². The average molecular weight is 358 g/mol. The van der Waals surface area contributed by atoms with Crippen LogP contribution in [0.3, 0.4) is 0 Å². The van der Waals surface area contributed by atoms with Crippen LogP contribution < -0.4 is 0 Å². The minimum atomic E-state index is 0.980. The van der Waals surface area contributed by atoms with Gasteiger partial charge in [0, 0.05) is 42.8 Å². The Morgan fingerprint density at radius 3 is 2.32 bits per heavy atom. The van der Waals surface area contributed by atoms with Crippen molar-refractivity contribution >= 4 is 22.1 Å². The van der Waals surface area contributed by atoms with Crippen molar-refractivity contribution in [2.45, 2.75) is 6.54 Å². The Labute approximate surface area is 140 Å². The fourth-order valence-corrected chi connectivity index (χ4v) is 2.96. The van der Waals surface area contributed by atoms with Crippen molar-refractivity contribution in [3.05, 3.63) is 70.2 Å². The van der Waals surface area contributed by atoms with Crippen molar-refractivity contribution in [3.63, 3.8) is 0 Å². The highest BCUT2D eigenvalue weighted by atomic mass is 79.9. The summed E-state index contributed by atoms with van der Waals surface area (Å²) in [4.78, 5) is 2.49. The largest absolute Gasteiger partial charge is 0.295 e. The molecule has 1 aliphatic rings. The van der Waals surface area contributed by atoms with Gasteiger partial charge < -0.3 is 0 Å². The molecule has 1 fully saturated rings. The monoisotopic (exact) mass is 357 g/mol. The van der Waals surface area contributed by atoms with Gasteiger partial charge >= 0.3 is 0 Å². The summed E-state index contributed by atoms with van der Waals surface area (Å²) in [7, 11) is 0. The number of nitrogens with zero attached hydrogens (tertiary/aromatic N) is 3. The summed E-state index contributed by atoms with van der Waals surface area (Å²) in [5, 5.41) is 6.76. The molecule has 0 N–H and O–H groups in total. The summed E-state index contributed by atoms with van der Waals surface area (Å²) >= 11 is 3.55. The predicted molar refractivity (Wildman–Crippen MR) is 95.0 cm³/mol. The molecule has 1 heterocycles. The first-order chi connectivity index (χ1) is 10.8. The molecule has 0 bridgehead atoms. The zero-order valence-electron chi connectivity index (χ0n) is 12.5. The summed E-state index contributed by atoms with van der Waals surface area (Å²) < 4.78 is 1.08. The van der Waals surface area contributed by atoms with Crippen molar-refractivity contribution < 1.29 is 0 Å². The van der Waals surface area contributed by atoms with Crippen LogP contribution in [0.2, 0.25) is 0 Å². The maximum atomic E-state index is 4.61. The highest BCUT2D eigenvalue weighted by Crippen LogP contribution is 2.14. The second kappa shape index (κ2) is 7.56. The van der Waals surface area contributed by atoms with E-state index in [9.17, 15) is 0 Å². The minimum Gasteiger partial charge on any atom is -0.295 e. The molecule has 114 valence electrons. The number of hydrogen-bond donors (Lipinski definition) is 0. The van der Waals surface area contributed by atoms with Crippen LogP contribution in [-0.2, 0) is 6.54 Å². The van der Waals surface area contributed by atoms with E-state index in [0.717, 1.165) is 42.8 Å². The van der Waals surface area contributed by atoms with Gasteiger partial charge in [-0.3, -0.25) is 9.91 Å². The Hall–Kier alpha value is -1.65. The van der Waals surface area contributed by atoms with E-state index in [-0.39, 0.29) is 0 Å². The lowest BCUT2D eigenvalue weighted by atomic mass is 10.2. The number of hydrogen-bond acceptors (Lipinski definition) is 3. The molecule has 3 rings (SSSR count). The minimum absolute atomic E-state index is 0.980. The van der Waals surface area contributed by atoms with Gasteiger partial charge in [-0.15, -0.1) is 0 Å². The molecule has 0 aromatic heterocycles. The van der Waals surface area contributed by atoms with Gasteiger partial charge in [-0.25, -0.2) is 0 Å². The third kappa shape index (κ3) is 4.18. The van der Waals surface area contributed by atoms with Crippen LogP contribution in [-0.4, -0.2) is 42.3 Å². The zero-order chi connectivity index (χ0) is 15.2. The molecule has 0 unspecified atom stereocenters. The Bertz CT molecular complexity index is 619. The molecule has 0 atom stereocenters. The van der Waals surface area contributed by atoms with E-state index in [1.165, 1.54) is 5.56 Å². The SMILES string of the molecule is Brc1ccccc1/C=N/N1CCN(Cc2ccccc2)CC1. The van der Waals surface area contributed by atoms with Crippen LogP contribution in [0.15, 0.2) is 64.2 Å². The van der Waals surface area contributed by atoms with Crippen molar-refractivity contribution in [2.24, 2.45) is 5.10 Å². The Morgan fingerprint density at radius 1 is 0.909 bits per heavy atom. The number of rotatable bonds is 4. The summed E-state index contributed by atoms with van der Waals surface area (Å²) in [6, 6.07) is 18.8. The Kier molecular flexibility index (Phi) is 5.24. The molecule has 0 saturated carbocycles. The van der Waals surface area contributed by atoms with Crippen LogP contribution in [0.1, 0.15) is 11.1 Å². The van der Waals surface area contributed by atoms with E-state index in [1.807, 2.05) is 24.4 Å². The van der Waals surface area contributed by atoms with Crippen LogP contribution in [0.5, 0.6) is 0 Å². The molecule has 0 spiro atoms. The smallest absolute Gasteiger partial charge is 0.0554 e. The van der Waals surface area contributed by atoms with E-state index in [0.29, 0.717) is 0 Å². The molecule has 0 aliphatic carbocycles. The van der Waals surface area contributed by atoms with Crippen LogP contribution in [0, 0.1) is 0 Å². The fourth-order valence-electron chi connectivity index (χ4n) is 2.58. The van der Waals surface area contributed by atoms with Gasteiger partial charge in [0.25, 0.3) is 0 Å². The number of piperazine rings is 1. The average Bonchev–Trinajstić information content (AvgIpc) is 2.56. The molecular weight excluding hydrogens is 338 g/mol. The topological polar surface area (TPSA) is 18.8 Å². The maximum Gasteiger partial charge on any atom is 0.0554 e. The molecule has 0 radical (unpaired) electrons. The first-order valence-corrected chi connectivity index (χ1v) is 8.40. The predicted octanol–water partition coefficient (Wildman–Crippen LogP) is 3.60. The summed E-state index contributed by atoms with van der Waals surface area (Å²) in [6.45, 7) is 5.11. The van der Waals surface area contributed by atoms with E-state index < -0.39 is 0 Å². The van der Waals surface area contributed by atoms with E-state index >= 15 is 0 Å². The normalized spacial score (nSPS) is 16.3. The van der Waals surface area contributed by atoms with Crippen LogP contribution in [0.4, 0.5) is 0 Å². The second-order valence-corrected chi connectivity index (χ2v) is 6.34. The van der Waals surface area contributed by atoms with E-state index in [4.69, 9.17) is 0 Å². The third-order valence-corrected chi connectivity index (χ3v) is 4.59. The van der Waals surface area contributed by atoms with Gasteiger partial charge in [-0.1, -0.05) is 64.5 Å². The molecule has 4 heteroatoms. The maximum absolute atomic E-state index is 4.61. The first kappa shape index (κ1) is 15.3. The number of benzene rings is 2. The molecule has 2 aromatic rings. The lowest BCUT2D eigenvalue weighted by molar-refractivity contribution is 0.131. The Morgan fingerprint density at radius 2 is 1.59 bits per heavy atom. The van der Waals surface area contributed by atoms with Crippen molar-refractivity contribution in [1.82, 2.24) is 9.91 Å². The highest BCUT2D eigenvalue weighted by Gasteiger charge is 2.15. The molecule has 1 saturated heterocycles. The highest BCUT2D eigenvalue weighted by molar-refractivity contribution is 9.10. The number of hydrazone groups is 1. The zero-order valence-corrected chi connectivity index (χ0v) is 14.1. The first-order valence-electron chi connectivity index (χ1n) is 7.61. The lowest BCUT2D eigenvalue weighted by Gasteiger charge is -2.33. The fraction of sp³-hybridized carbons (Fsp3) is 0.278. The number of halogens is 1. The third-order valence-electron chi connectivity index (χ3n) is 3.86. The summed E-state index contributed by atoms with van der Waals surface area (Å²) in [6.07, 6.45) is 1.94. The van der Waals surface area contributed by atoms with Gasteiger partial charge in [-0.05, 0) is 11.6 Å². The van der Waals surface area contributed by atoms with Crippen molar-refractivity contribution in [1.29, 1.82) is 0 Å². The summed E-state index contributed by atoms with van der Waals surface area (Å²) in [5.74, 6) is 0. The van der Waals surface area contributed by atoms with Gasteiger partial charge in [0.05, 0.1) is 6.21 Å². The molecule has 2 aromatic carbocycles. The van der Waals surface area contributed by atoms with Crippen molar-refractivity contribution in [3.8, 4) is 0 Å². The molecule has 0 amide bonds. The molecular formula is C18H20BrN3. The summed E-state index contributed by atoms with van der Waals surface area (Å²) in [5.41, 5.74) is 2.50. The molecule has 22 heavy (non-hydrogen) atoms. The molecule has 1 aliphatic heterocycles.